The van der Waals surface area contributed by atoms with Gasteiger partial charge in [0, 0.05) is 36.7 Å². The first-order chi connectivity index (χ1) is 8.59. The van der Waals surface area contributed by atoms with E-state index >= 15 is 0 Å². The van der Waals surface area contributed by atoms with Gasteiger partial charge in [0.05, 0.1) is 0 Å². The number of rotatable bonds is 4. The van der Waals surface area contributed by atoms with Crippen molar-refractivity contribution in [3.8, 4) is 0 Å². The molecular formula is C14H28IN3S. The van der Waals surface area contributed by atoms with E-state index in [1.165, 1.54) is 5.75 Å². The highest BCUT2D eigenvalue weighted by Gasteiger charge is 2.28. The van der Waals surface area contributed by atoms with Crippen LogP contribution in [0.4, 0.5) is 0 Å². The quantitative estimate of drug-likeness (QED) is 0.259. The Balaban J connectivity index is 0.00000324. The zero-order valence-electron chi connectivity index (χ0n) is 12.6. The Morgan fingerprint density at radius 2 is 2.21 bits per heavy atom. The van der Waals surface area contributed by atoms with Crippen LogP contribution in [0.5, 0.6) is 0 Å². The Hall–Kier alpha value is 0.0900. The van der Waals surface area contributed by atoms with Crippen LogP contribution in [-0.2, 0) is 0 Å². The maximum Gasteiger partial charge on any atom is 0.193 e. The molecule has 0 aromatic carbocycles. The molecule has 1 aliphatic heterocycles. The standard InChI is InChI=1S/C14H27N3S.HI/c1-5-7-8-9-16-13(15-6-2)17-10-11-18-14(3,4)12-17;/h5,7H,6,8-12H2,1-4H3,(H,15,16);1H/b7-5+;. The topological polar surface area (TPSA) is 27.6 Å². The molecule has 0 aromatic rings. The molecule has 1 aliphatic rings. The molecule has 1 rings (SSSR count). The first kappa shape index (κ1) is 19.1. The van der Waals surface area contributed by atoms with Crippen molar-refractivity contribution >= 4 is 41.7 Å². The third-order valence-electron chi connectivity index (χ3n) is 2.85. The van der Waals surface area contributed by atoms with E-state index < -0.39 is 0 Å². The summed E-state index contributed by atoms with van der Waals surface area (Å²) in [4.78, 5) is 7.11. The van der Waals surface area contributed by atoms with Crippen molar-refractivity contribution in [3.63, 3.8) is 0 Å². The molecule has 3 nitrogen and oxygen atoms in total. The second kappa shape index (κ2) is 9.91. The number of thioether (sulfide) groups is 1. The van der Waals surface area contributed by atoms with E-state index in [0.717, 1.165) is 38.6 Å². The van der Waals surface area contributed by atoms with E-state index in [-0.39, 0.29) is 24.0 Å². The van der Waals surface area contributed by atoms with Crippen molar-refractivity contribution in [2.75, 3.05) is 31.9 Å². The average molecular weight is 397 g/mol. The van der Waals surface area contributed by atoms with E-state index in [2.05, 4.69) is 61.8 Å². The maximum atomic E-state index is 4.71. The lowest BCUT2D eigenvalue weighted by Crippen LogP contribution is -2.51. The minimum absolute atomic E-state index is 0. The van der Waals surface area contributed by atoms with E-state index in [4.69, 9.17) is 4.99 Å². The molecule has 0 spiro atoms. The molecule has 0 atom stereocenters. The predicted molar refractivity (Wildman–Crippen MR) is 98.9 cm³/mol. The molecule has 0 amide bonds. The van der Waals surface area contributed by atoms with Crippen LogP contribution in [0.1, 0.15) is 34.1 Å². The number of nitrogens with zero attached hydrogens (tertiary/aromatic N) is 2. The molecule has 0 aliphatic carbocycles. The SMILES string of the molecule is C/C=C/CCN=C(NCC)N1CCSC(C)(C)C1.I. The van der Waals surface area contributed by atoms with Gasteiger partial charge in [0.15, 0.2) is 5.96 Å². The third-order valence-corrected chi connectivity index (χ3v) is 4.15. The highest BCUT2D eigenvalue weighted by atomic mass is 127. The molecule has 1 N–H and O–H groups in total. The number of allylic oxidation sites excluding steroid dienone is 1. The Kier molecular flexibility index (Phi) is 9.96. The van der Waals surface area contributed by atoms with Gasteiger partial charge in [-0.25, -0.2) is 0 Å². The molecule has 1 heterocycles. The number of hydrogen-bond acceptors (Lipinski definition) is 2. The van der Waals surface area contributed by atoms with Gasteiger partial charge in [0.25, 0.3) is 0 Å². The first-order valence-corrected chi connectivity index (χ1v) is 7.86. The van der Waals surface area contributed by atoms with E-state index in [1.807, 2.05) is 0 Å². The summed E-state index contributed by atoms with van der Waals surface area (Å²) < 4.78 is 0.331. The number of hydrogen-bond donors (Lipinski definition) is 1. The largest absolute Gasteiger partial charge is 0.357 e. The number of nitrogens with one attached hydrogen (secondary N) is 1. The summed E-state index contributed by atoms with van der Waals surface area (Å²) in [5.41, 5.74) is 0. The van der Waals surface area contributed by atoms with Crippen LogP contribution < -0.4 is 5.32 Å². The lowest BCUT2D eigenvalue weighted by atomic mass is 10.2. The molecule has 1 fully saturated rings. The fourth-order valence-electron chi connectivity index (χ4n) is 2.03. The van der Waals surface area contributed by atoms with E-state index in [1.54, 1.807) is 0 Å². The fraction of sp³-hybridized carbons (Fsp3) is 0.786. The second-order valence-corrected chi connectivity index (χ2v) is 6.93. The van der Waals surface area contributed by atoms with Crippen molar-refractivity contribution in [3.05, 3.63) is 12.2 Å². The smallest absolute Gasteiger partial charge is 0.193 e. The summed E-state index contributed by atoms with van der Waals surface area (Å²) in [5.74, 6) is 2.27. The van der Waals surface area contributed by atoms with E-state index in [0.29, 0.717) is 4.75 Å². The monoisotopic (exact) mass is 397 g/mol. The van der Waals surface area contributed by atoms with Gasteiger partial charge in [-0.3, -0.25) is 4.99 Å². The zero-order valence-corrected chi connectivity index (χ0v) is 15.8. The lowest BCUT2D eigenvalue weighted by molar-refractivity contribution is 0.376. The summed E-state index contributed by atoms with van der Waals surface area (Å²) in [6.45, 7) is 12.8. The molecule has 0 unspecified atom stereocenters. The van der Waals surface area contributed by atoms with Gasteiger partial charge in [-0.2, -0.15) is 11.8 Å². The van der Waals surface area contributed by atoms with Crippen molar-refractivity contribution in [2.45, 2.75) is 38.9 Å². The molecular weight excluding hydrogens is 369 g/mol. The Morgan fingerprint density at radius 1 is 1.47 bits per heavy atom. The van der Waals surface area contributed by atoms with Gasteiger partial charge in [-0.1, -0.05) is 12.2 Å². The van der Waals surface area contributed by atoms with Gasteiger partial charge >= 0.3 is 0 Å². The highest BCUT2D eigenvalue weighted by Crippen LogP contribution is 2.29. The normalized spacial score (nSPS) is 19.4. The zero-order chi connectivity index (χ0) is 13.4. The van der Waals surface area contributed by atoms with Gasteiger partial charge in [0.1, 0.15) is 0 Å². The summed E-state index contributed by atoms with van der Waals surface area (Å²) in [7, 11) is 0. The third kappa shape index (κ3) is 7.44. The van der Waals surface area contributed by atoms with E-state index in [9.17, 15) is 0 Å². The summed E-state index contributed by atoms with van der Waals surface area (Å²) in [5, 5.41) is 3.41. The highest BCUT2D eigenvalue weighted by molar-refractivity contribution is 14.0. The molecule has 0 radical (unpaired) electrons. The maximum absolute atomic E-state index is 4.71. The number of halogens is 1. The molecule has 112 valence electrons. The summed E-state index contributed by atoms with van der Waals surface area (Å²) in [6.07, 6.45) is 5.28. The van der Waals surface area contributed by atoms with Crippen molar-refractivity contribution in [1.29, 1.82) is 0 Å². The van der Waals surface area contributed by atoms with Crippen LogP contribution in [0.3, 0.4) is 0 Å². The summed E-state index contributed by atoms with van der Waals surface area (Å²) in [6, 6.07) is 0. The van der Waals surface area contributed by atoms with Crippen LogP contribution in [0.2, 0.25) is 0 Å². The van der Waals surface area contributed by atoms with Gasteiger partial charge in [-0.15, -0.1) is 24.0 Å². The van der Waals surface area contributed by atoms with Crippen molar-refractivity contribution < 1.29 is 0 Å². The Bertz CT molecular complexity index is 303. The summed E-state index contributed by atoms with van der Waals surface area (Å²) >= 11 is 2.06. The van der Waals surface area contributed by atoms with Crippen LogP contribution in [0.25, 0.3) is 0 Å². The van der Waals surface area contributed by atoms with Crippen molar-refractivity contribution in [2.24, 2.45) is 4.99 Å². The van der Waals surface area contributed by atoms with Crippen LogP contribution in [0.15, 0.2) is 17.1 Å². The average Bonchev–Trinajstić information content (AvgIpc) is 2.32. The fourth-order valence-corrected chi connectivity index (χ4v) is 3.15. The van der Waals surface area contributed by atoms with Gasteiger partial charge in [-0.05, 0) is 34.1 Å². The Morgan fingerprint density at radius 3 is 2.79 bits per heavy atom. The first-order valence-electron chi connectivity index (χ1n) is 6.87. The molecule has 0 saturated carbocycles. The van der Waals surface area contributed by atoms with Gasteiger partial charge in [0.2, 0.25) is 0 Å². The number of guanidine groups is 1. The second-order valence-electron chi connectivity index (χ2n) is 5.12. The molecule has 5 heteroatoms. The van der Waals surface area contributed by atoms with Crippen LogP contribution >= 0.6 is 35.7 Å². The Labute approximate surface area is 139 Å². The lowest BCUT2D eigenvalue weighted by Gasteiger charge is -2.39. The minimum atomic E-state index is 0. The number of aliphatic imine (C=N–C) groups is 1. The van der Waals surface area contributed by atoms with Gasteiger partial charge < -0.3 is 10.2 Å². The molecule has 1 saturated heterocycles. The van der Waals surface area contributed by atoms with Crippen LogP contribution in [-0.4, -0.2) is 47.5 Å². The van der Waals surface area contributed by atoms with Crippen LogP contribution in [0, 0.1) is 0 Å². The minimum Gasteiger partial charge on any atom is -0.357 e. The molecule has 0 bridgehead atoms. The molecule has 19 heavy (non-hydrogen) atoms. The van der Waals surface area contributed by atoms with Crippen molar-refractivity contribution in [1.82, 2.24) is 10.2 Å². The molecule has 0 aromatic heterocycles. The predicted octanol–water partition coefficient (Wildman–Crippen LogP) is 3.36.